The SMILES string of the molecule is C=CC(=O)N1CC(C)N(c2nc(OCC3CCCN3C)nc3c2CCC(c2cc(O)cc4ccccc24)C3)C(C)C1. The lowest BCUT2D eigenvalue weighted by atomic mass is 9.80. The van der Waals surface area contributed by atoms with Crippen molar-refractivity contribution in [3.05, 3.63) is 65.9 Å². The number of piperazine rings is 1. The Kier molecular flexibility index (Phi) is 7.60. The number of hydrogen-bond donors (Lipinski definition) is 1. The molecule has 3 aromatic rings. The van der Waals surface area contributed by atoms with Crippen molar-refractivity contribution in [1.82, 2.24) is 19.8 Å². The maximum absolute atomic E-state index is 12.4. The molecule has 2 aliphatic heterocycles. The van der Waals surface area contributed by atoms with Gasteiger partial charge in [0, 0.05) is 36.8 Å². The van der Waals surface area contributed by atoms with Gasteiger partial charge in [0.2, 0.25) is 5.91 Å². The minimum absolute atomic E-state index is 0.0287. The van der Waals surface area contributed by atoms with Crippen LogP contribution in [0.25, 0.3) is 10.8 Å². The van der Waals surface area contributed by atoms with Gasteiger partial charge >= 0.3 is 6.01 Å². The third kappa shape index (κ3) is 5.37. The highest BCUT2D eigenvalue weighted by atomic mass is 16.5. The quantitative estimate of drug-likeness (QED) is 0.442. The zero-order chi connectivity index (χ0) is 28.7. The Morgan fingerprint density at radius 2 is 1.93 bits per heavy atom. The van der Waals surface area contributed by atoms with E-state index in [4.69, 9.17) is 14.7 Å². The van der Waals surface area contributed by atoms with E-state index in [9.17, 15) is 9.90 Å². The molecule has 1 amide bonds. The van der Waals surface area contributed by atoms with Crippen molar-refractivity contribution >= 4 is 22.5 Å². The third-order valence-electron chi connectivity index (χ3n) is 9.28. The summed E-state index contributed by atoms with van der Waals surface area (Å²) in [6.07, 6.45) is 6.25. The summed E-state index contributed by atoms with van der Waals surface area (Å²) in [6.45, 7) is 10.9. The van der Waals surface area contributed by atoms with Gasteiger partial charge in [-0.15, -0.1) is 0 Å². The number of aromatic nitrogens is 2. The summed E-state index contributed by atoms with van der Waals surface area (Å²) < 4.78 is 6.33. The van der Waals surface area contributed by atoms with Crippen LogP contribution in [0.15, 0.2) is 49.1 Å². The highest BCUT2D eigenvalue weighted by Crippen LogP contribution is 2.41. The number of rotatable bonds is 6. The number of likely N-dealkylation sites (tertiary alicyclic amines) is 1. The highest BCUT2D eigenvalue weighted by Gasteiger charge is 2.36. The predicted octanol–water partition coefficient (Wildman–Crippen LogP) is 4.69. The Bertz CT molecular complexity index is 1450. The van der Waals surface area contributed by atoms with Gasteiger partial charge in [-0.1, -0.05) is 30.8 Å². The molecule has 2 aromatic carbocycles. The van der Waals surface area contributed by atoms with Crippen molar-refractivity contribution in [3.63, 3.8) is 0 Å². The van der Waals surface area contributed by atoms with Crippen molar-refractivity contribution in [2.45, 2.75) is 70.0 Å². The number of anilines is 1. The van der Waals surface area contributed by atoms with Gasteiger partial charge < -0.3 is 24.5 Å². The van der Waals surface area contributed by atoms with Gasteiger partial charge in [0.05, 0.1) is 5.69 Å². The number of phenols is 1. The average molecular weight is 556 g/mol. The fourth-order valence-corrected chi connectivity index (χ4v) is 7.19. The van der Waals surface area contributed by atoms with Gasteiger partial charge in [-0.25, -0.2) is 0 Å². The van der Waals surface area contributed by atoms with E-state index in [0.717, 1.165) is 49.1 Å². The Balaban J connectivity index is 1.36. The molecule has 3 aliphatic rings. The first-order valence-corrected chi connectivity index (χ1v) is 15.0. The number of likely N-dealkylation sites (N-methyl/N-ethyl adjacent to an activating group) is 1. The number of carbonyl (C=O) groups excluding carboxylic acids is 1. The van der Waals surface area contributed by atoms with E-state index in [1.54, 1.807) is 0 Å². The zero-order valence-corrected chi connectivity index (χ0v) is 24.4. The van der Waals surface area contributed by atoms with Gasteiger partial charge in [0.15, 0.2) is 0 Å². The molecule has 8 heteroatoms. The number of phenolic OH excluding ortho intramolecular Hbond substituents is 1. The lowest BCUT2D eigenvalue weighted by Crippen LogP contribution is -2.58. The molecule has 216 valence electrons. The second-order valence-corrected chi connectivity index (χ2v) is 12.1. The number of benzene rings is 2. The minimum Gasteiger partial charge on any atom is -0.508 e. The molecular formula is C33H41N5O3. The molecule has 0 radical (unpaired) electrons. The van der Waals surface area contributed by atoms with Crippen LogP contribution in [0.5, 0.6) is 11.8 Å². The molecule has 1 aromatic heterocycles. The van der Waals surface area contributed by atoms with E-state index in [2.05, 4.69) is 55.5 Å². The normalized spacial score (nSPS) is 24.9. The van der Waals surface area contributed by atoms with Crippen molar-refractivity contribution in [1.29, 1.82) is 0 Å². The molecule has 0 bridgehead atoms. The lowest BCUT2D eigenvalue weighted by Gasteiger charge is -2.46. The molecule has 6 rings (SSSR count). The summed E-state index contributed by atoms with van der Waals surface area (Å²) in [6, 6.07) is 13.0. The molecule has 1 N–H and O–H groups in total. The number of amides is 1. The van der Waals surface area contributed by atoms with Gasteiger partial charge in [-0.2, -0.15) is 9.97 Å². The molecular weight excluding hydrogens is 514 g/mol. The monoisotopic (exact) mass is 555 g/mol. The molecule has 0 saturated carbocycles. The molecule has 2 fully saturated rings. The number of carbonyl (C=O) groups is 1. The van der Waals surface area contributed by atoms with Gasteiger partial charge in [0.1, 0.15) is 18.2 Å². The van der Waals surface area contributed by atoms with Crippen LogP contribution in [-0.4, -0.2) is 82.2 Å². The Hall–Kier alpha value is -3.65. The van der Waals surface area contributed by atoms with E-state index in [-0.39, 0.29) is 23.9 Å². The first-order chi connectivity index (χ1) is 19.8. The maximum atomic E-state index is 12.4. The molecule has 4 atom stereocenters. The molecule has 2 saturated heterocycles. The summed E-state index contributed by atoms with van der Waals surface area (Å²) in [5.41, 5.74) is 3.37. The topological polar surface area (TPSA) is 82.0 Å². The summed E-state index contributed by atoms with van der Waals surface area (Å²) in [5.74, 6) is 1.44. The largest absolute Gasteiger partial charge is 0.508 e. The molecule has 4 unspecified atom stereocenters. The number of hydrogen-bond acceptors (Lipinski definition) is 7. The standard InChI is InChI=1S/C33H41N5O3/c1-5-31(40)37-18-21(2)38(22(3)19-37)32-28-13-12-24(29-17-26(39)15-23-9-6-7-11-27(23)29)16-30(28)34-33(35-32)41-20-25-10-8-14-36(25)4/h5-7,9,11,15,17,21-22,24-25,39H,1,8,10,12-14,16,18-20H2,2-4H3. The van der Waals surface area contributed by atoms with E-state index in [1.165, 1.54) is 29.0 Å². The fourth-order valence-electron chi connectivity index (χ4n) is 7.19. The van der Waals surface area contributed by atoms with Crippen LogP contribution in [0.3, 0.4) is 0 Å². The molecule has 8 nitrogen and oxygen atoms in total. The summed E-state index contributed by atoms with van der Waals surface area (Å²) >= 11 is 0. The first-order valence-electron chi connectivity index (χ1n) is 15.0. The smallest absolute Gasteiger partial charge is 0.318 e. The third-order valence-corrected chi connectivity index (χ3v) is 9.28. The van der Waals surface area contributed by atoms with Gasteiger partial charge in [0.25, 0.3) is 0 Å². The van der Waals surface area contributed by atoms with Crippen molar-refractivity contribution in [2.24, 2.45) is 0 Å². The fraction of sp³-hybridized carbons (Fsp3) is 0.485. The van der Waals surface area contributed by atoms with Crippen molar-refractivity contribution in [3.8, 4) is 11.8 Å². The van der Waals surface area contributed by atoms with E-state index in [1.807, 2.05) is 23.1 Å². The summed E-state index contributed by atoms with van der Waals surface area (Å²) in [4.78, 5) is 29.1. The maximum Gasteiger partial charge on any atom is 0.318 e. The van der Waals surface area contributed by atoms with Crippen LogP contribution in [0.1, 0.15) is 55.8 Å². The van der Waals surface area contributed by atoms with Crippen molar-refractivity contribution < 1.29 is 14.6 Å². The molecule has 1 aliphatic carbocycles. The van der Waals surface area contributed by atoms with E-state index in [0.29, 0.717) is 37.5 Å². The van der Waals surface area contributed by atoms with Crippen LogP contribution < -0.4 is 9.64 Å². The number of ether oxygens (including phenoxy) is 1. The van der Waals surface area contributed by atoms with E-state index >= 15 is 0 Å². The van der Waals surface area contributed by atoms with Crippen LogP contribution in [0.4, 0.5) is 5.82 Å². The molecule has 0 spiro atoms. The highest BCUT2D eigenvalue weighted by molar-refractivity contribution is 5.88. The van der Waals surface area contributed by atoms with Gasteiger partial charge in [-0.05, 0) is 100 Å². The van der Waals surface area contributed by atoms with Crippen LogP contribution in [-0.2, 0) is 17.6 Å². The van der Waals surface area contributed by atoms with Crippen LogP contribution in [0, 0.1) is 0 Å². The number of aromatic hydroxyl groups is 1. The second kappa shape index (κ2) is 11.3. The van der Waals surface area contributed by atoms with Crippen LogP contribution >= 0.6 is 0 Å². The summed E-state index contributed by atoms with van der Waals surface area (Å²) in [7, 11) is 2.15. The molecule has 41 heavy (non-hydrogen) atoms. The second-order valence-electron chi connectivity index (χ2n) is 12.1. The minimum atomic E-state index is -0.0287. The average Bonchev–Trinajstić information content (AvgIpc) is 3.38. The van der Waals surface area contributed by atoms with Gasteiger partial charge in [-0.3, -0.25) is 4.79 Å². The first kappa shape index (κ1) is 27.5. The van der Waals surface area contributed by atoms with E-state index < -0.39 is 0 Å². The van der Waals surface area contributed by atoms with Crippen LogP contribution in [0.2, 0.25) is 0 Å². The lowest BCUT2D eigenvalue weighted by molar-refractivity contribution is -0.127. The predicted molar refractivity (Wildman–Crippen MR) is 162 cm³/mol. The number of nitrogens with zero attached hydrogens (tertiary/aromatic N) is 5. The number of fused-ring (bicyclic) bond motifs is 2. The Morgan fingerprint density at radius 3 is 2.66 bits per heavy atom. The Morgan fingerprint density at radius 1 is 1.15 bits per heavy atom. The van der Waals surface area contributed by atoms with Crippen molar-refractivity contribution in [2.75, 3.05) is 38.2 Å². The Labute approximate surface area is 242 Å². The zero-order valence-electron chi connectivity index (χ0n) is 24.4. The summed E-state index contributed by atoms with van der Waals surface area (Å²) in [5, 5.41) is 12.8. The molecule has 3 heterocycles.